The van der Waals surface area contributed by atoms with Crippen LogP contribution in [0.2, 0.25) is 0 Å². The molecule has 0 bridgehead atoms. The van der Waals surface area contributed by atoms with Crippen LogP contribution in [0.15, 0.2) is 0 Å². The first-order valence-electron chi connectivity index (χ1n) is 5.46. The summed E-state index contributed by atoms with van der Waals surface area (Å²) < 4.78 is 0. The van der Waals surface area contributed by atoms with Crippen molar-refractivity contribution in [3.63, 3.8) is 0 Å². The minimum Gasteiger partial charge on any atom is -0.312 e. The minimum atomic E-state index is 0.637. The van der Waals surface area contributed by atoms with Crippen molar-refractivity contribution in [3.8, 4) is 0 Å². The Kier molecular flexibility index (Phi) is 7.58. The van der Waals surface area contributed by atoms with Crippen LogP contribution in [-0.4, -0.2) is 12.1 Å². The van der Waals surface area contributed by atoms with Crippen molar-refractivity contribution in [3.05, 3.63) is 0 Å². The number of hydrogen-bond donors (Lipinski definition) is 1. The van der Waals surface area contributed by atoms with E-state index in [1.54, 1.807) is 0 Å². The van der Waals surface area contributed by atoms with Crippen LogP contribution in [0.4, 0.5) is 0 Å². The Labute approximate surface area is 77.9 Å². The normalized spacial score (nSPS) is 13.8. The highest BCUT2D eigenvalue weighted by Gasteiger charge is 2.07. The SMILES string of the molecule is CCCCC(CCC)NC(C)C. The molecule has 0 aromatic carbocycles. The van der Waals surface area contributed by atoms with Gasteiger partial charge in [-0.1, -0.05) is 47.0 Å². The summed E-state index contributed by atoms with van der Waals surface area (Å²) in [6, 6.07) is 1.40. The van der Waals surface area contributed by atoms with Gasteiger partial charge in [-0.3, -0.25) is 0 Å². The second-order valence-electron chi connectivity index (χ2n) is 3.95. The van der Waals surface area contributed by atoms with Crippen LogP contribution in [0.1, 0.15) is 59.8 Å². The maximum Gasteiger partial charge on any atom is 0.00693 e. The minimum absolute atomic E-state index is 0.637. The topological polar surface area (TPSA) is 12.0 Å². The van der Waals surface area contributed by atoms with Crippen molar-refractivity contribution < 1.29 is 0 Å². The van der Waals surface area contributed by atoms with E-state index < -0.39 is 0 Å². The molecule has 0 amide bonds. The fraction of sp³-hybridized carbons (Fsp3) is 1.00. The molecule has 0 aliphatic heterocycles. The van der Waals surface area contributed by atoms with Crippen LogP contribution >= 0.6 is 0 Å². The second kappa shape index (κ2) is 7.60. The van der Waals surface area contributed by atoms with Crippen LogP contribution in [0.3, 0.4) is 0 Å². The van der Waals surface area contributed by atoms with Gasteiger partial charge in [0.05, 0.1) is 0 Å². The molecule has 74 valence electrons. The van der Waals surface area contributed by atoms with Gasteiger partial charge in [-0.2, -0.15) is 0 Å². The molecule has 0 aromatic rings. The number of unbranched alkanes of at least 4 members (excludes halogenated alkanes) is 1. The van der Waals surface area contributed by atoms with E-state index in [4.69, 9.17) is 0 Å². The zero-order chi connectivity index (χ0) is 9.40. The molecule has 0 spiro atoms. The van der Waals surface area contributed by atoms with Crippen LogP contribution in [0, 0.1) is 0 Å². The predicted molar refractivity (Wildman–Crippen MR) is 56.5 cm³/mol. The van der Waals surface area contributed by atoms with Gasteiger partial charge >= 0.3 is 0 Å². The summed E-state index contributed by atoms with van der Waals surface area (Å²) >= 11 is 0. The molecular formula is C11H25N. The highest BCUT2D eigenvalue weighted by atomic mass is 14.9. The molecule has 0 aromatic heterocycles. The lowest BCUT2D eigenvalue weighted by Crippen LogP contribution is -2.34. The van der Waals surface area contributed by atoms with Crippen molar-refractivity contribution in [2.24, 2.45) is 0 Å². The molecule has 1 atom stereocenters. The Morgan fingerprint density at radius 2 is 1.67 bits per heavy atom. The van der Waals surface area contributed by atoms with Crippen LogP contribution in [-0.2, 0) is 0 Å². The zero-order valence-corrected chi connectivity index (χ0v) is 9.19. The van der Waals surface area contributed by atoms with E-state index in [1.165, 1.54) is 32.1 Å². The average Bonchev–Trinajstić information content (AvgIpc) is 2.00. The Bertz CT molecular complexity index is 89.0. The summed E-state index contributed by atoms with van der Waals surface area (Å²) in [6.45, 7) is 8.99. The van der Waals surface area contributed by atoms with Gasteiger partial charge in [0.15, 0.2) is 0 Å². The monoisotopic (exact) mass is 171 g/mol. The first-order valence-corrected chi connectivity index (χ1v) is 5.46. The highest BCUT2D eigenvalue weighted by Crippen LogP contribution is 2.07. The van der Waals surface area contributed by atoms with Crippen molar-refractivity contribution in [2.45, 2.75) is 71.9 Å². The van der Waals surface area contributed by atoms with Crippen molar-refractivity contribution in [2.75, 3.05) is 0 Å². The van der Waals surface area contributed by atoms with Gasteiger partial charge in [0.25, 0.3) is 0 Å². The van der Waals surface area contributed by atoms with Gasteiger partial charge in [-0.25, -0.2) is 0 Å². The van der Waals surface area contributed by atoms with Gasteiger partial charge in [-0.15, -0.1) is 0 Å². The fourth-order valence-electron chi connectivity index (χ4n) is 1.58. The summed E-state index contributed by atoms with van der Waals surface area (Å²) in [5.74, 6) is 0. The molecule has 12 heavy (non-hydrogen) atoms. The summed E-state index contributed by atoms with van der Waals surface area (Å²) in [6.07, 6.45) is 6.67. The van der Waals surface area contributed by atoms with Crippen molar-refractivity contribution in [1.82, 2.24) is 5.32 Å². The first kappa shape index (κ1) is 12.0. The fourth-order valence-corrected chi connectivity index (χ4v) is 1.58. The molecule has 1 heteroatoms. The average molecular weight is 171 g/mol. The maximum absolute atomic E-state index is 3.62. The summed E-state index contributed by atoms with van der Waals surface area (Å²) in [7, 11) is 0. The largest absolute Gasteiger partial charge is 0.312 e. The van der Waals surface area contributed by atoms with E-state index in [2.05, 4.69) is 33.0 Å². The Balaban J connectivity index is 3.54. The van der Waals surface area contributed by atoms with Crippen LogP contribution in [0.25, 0.3) is 0 Å². The van der Waals surface area contributed by atoms with E-state index in [0.717, 1.165) is 6.04 Å². The molecule has 0 saturated carbocycles. The Morgan fingerprint density at radius 1 is 1.00 bits per heavy atom. The molecule has 0 aliphatic carbocycles. The van der Waals surface area contributed by atoms with E-state index >= 15 is 0 Å². The third kappa shape index (κ3) is 6.66. The summed E-state index contributed by atoms with van der Waals surface area (Å²) in [4.78, 5) is 0. The third-order valence-electron chi connectivity index (χ3n) is 2.11. The molecule has 1 N–H and O–H groups in total. The van der Waals surface area contributed by atoms with Crippen molar-refractivity contribution >= 4 is 0 Å². The number of hydrogen-bond acceptors (Lipinski definition) is 1. The van der Waals surface area contributed by atoms with Gasteiger partial charge in [0, 0.05) is 12.1 Å². The molecule has 0 radical (unpaired) electrons. The summed E-state index contributed by atoms with van der Waals surface area (Å²) in [5, 5.41) is 3.62. The standard InChI is InChI=1S/C11H25N/c1-5-7-9-11(8-6-2)12-10(3)4/h10-12H,5-9H2,1-4H3. The van der Waals surface area contributed by atoms with Crippen LogP contribution in [0.5, 0.6) is 0 Å². The van der Waals surface area contributed by atoms with Gasteiger partial charge in [0.2, 0.25) is 0 Å². The Morgan fingerprint density at radius 3 is 2.08 bits per heavy atom. The lowest BCUT2D eigenvalue weighted by atomic mass is 10.0. The van der Waals surface area contributed by atoms with E-state index in [1.807, 2.05) is 0 Å². The zero-order valence-electron chi connectivity index (χ0n) is 9.19. The number of nitrogens with one attached hydrogen (secondary N) is 1. The molecular weight excluding hydrogens is 146 g/mol. The maximum atomic E-state index is 3.62. The van der Waals surface area contributed by atoms with Crippen LogP contribution < -0.4 is 5.32 Å². The van der Waals surface area contributed by atoms with Crippen molar-refractivity contribution in [1.29, 1.82) is 0 Å². The van der Waals surface area contributed by atoms with E-state index in [9.17, 15) is 0 Å². The molecule has 0 heterocycles. The molecule has 0 aliphatic rings. The third-order valence-corrected chi connectivity index (χ3v) is 2.11. The molecule has 0 rings (SSSR count). The van der Waals surface area contributed by atoms with Gasteiger partial charge in [0.1, 0.15) is 0 Å². The molecule has 0 fully saturated rings. The molecule has 0 saturated heterocycles. The highest BCUT2D eigenvalue weighted by molar-refractivity contribution is 4.68. The molecule has 1 nitrogen and oxygen atoms in total. The second-order valence-corrected chi connectivity index (χ2v) is 3.95. The Hall–Kier alpha value is -0.0400. The van der Waals surface area contributed by atoms with E-state index in [-0.39, 0.29) is 0 Å². The smallest absolute Gasteiger partial charge is 0.00693 e. The summed E-state index contributed by atoms with van der Waals surface area (Å²) in [5.41, 5.74) is 0. The van der Waals surface area contributed by atoms with E-state index in [0.29, 0.717) is 6.04 Å². The van der Waals surface area contributed by atoms with Gasteiger partial charge in [-0.05, 0) is 12.8 Å². The van der Waals surface area contributed by atoms with Gasteiger partial charge < -0.3 is 5.32 Å². The lowest BCUT2D eigenvalue weighted by Gasteiger charge is -2.20. The molecule has 1 unspecified atom stereocenters. The lowest BCUT2D eigenvalue weighted by molar-refractivity contribution is 0.403. The first-order chi connectivity index (χ1) is 5.70. The predicted octanol–water partition coefficient (Wildman–Crippen LogP) is 3.34. The quantitative estimate of drug-likeness (QED) is 0.619. The number of rotatable bonds is 7.